The van der Waals surface area contributed by atoms with E-state index in [4.69, 9.17) is 4.74 Å². The van der Waals surface area contributed by atoms with E-state index >= 15 is 0 Å². The molecule has 0 unspecified atom stereocenters. The highest BCUT2D eigenvalue weighted by molar-refractivity contribution is 7.13. The van der Waals surface area contributed by atoms with Gasteiger partial charge in [0, 0.05) is 13.1 Å². The number of rotatable bonds is 3. The molecule has 2 aromatic carbocycles. The molecule has 0 amide bonds. The molecule has 1 heterocycles. The number of hydrogen-bond acceptors (Lipinski definition) is 4. The van der Waals surface area contributed by atoms with E-state index in [9.17, 15) is 4.79 Å². The molecule has 5 nitrogen and oxygen atoms in total. The molecule has 0 bridgehead atoms. The van der Waals surface area contributed by atoms with Gasteiger partial charge in [0.15, 0.2) is 0 Å². The first-order chi connectivity index (χ1) is 11.5. The van der Waals surface area contributed by atoms with Crippen molar-refractivity contribution in [1.82, 2.24) is 13.4 Å². The number of carbonyl (C=O) groups excluding carboxylic acids is 1. The summed E-state index contributed by atoms with van der Waals surface area (Å²) in [6.07, 6.45) is 0. The third-order valence-electron chi connectivity index (χ3n) is 3.81. The van der Waals surface area contributed by atoms with Gasteiger partial charge in [0.25, 0.3) is 0 Å². The second-order valence-electron chi connectivity index (χ2n) is 5.88. The normalized spacial score (nSPS) is 11.2. The van der Waals surface area contributed by atoms with Crippen molar-refractivity contribution >= 4 is 38.7 Å². The van der Waals surface area contributed by atoms with Crippen LogP contribution in [0, 0.1) is 0 Å². The number of fused-ring (bicyclic) bond motifs is 2. The Morgan fingerprint density at radius 1 is 1.12 bits per heavy atom. The molecule has 0 saturated heterocycles. The SMILES string of the molecule is COc1ccc2sn(C)c3ccccc3n(C(=O)CN(C)C)c2c1. The number of aryl methyl sites for hydroxylation is 1. The Morgan fingerprint density at radius 3 is 2.50 bits per heavy atom. The number of ether oxygens (including phenoxy) is 1. The van der Waals surface area contributed by atoms with Crippen molar-refractivity contribution < 1.29 is 9.53 Å². The number of methoxy groups -OCH3 is 1. The smallest absolute Gasteiger partial charge is 0.245 e. The van der Waals surface area contributed by atoms with Crippen molar-refractivity contribution in [2.24, 2.45) is 7.05 Å². The minimum absolute atomic E-state index is 0.0258. The summed E-state index contributed by atoms with van der Waals surface area (Å²) in [7, 11) is 7.44. The van der Waals surface area contributed by atoms with Gasteiger partial charge in [0.05, 0.1) is 34.9 Å². The van der Waals surface area contributed by atoms with Crippen molar-refractivity contribution in [2.75, 3.05) is 27.7 Å². The van der Waals surface area contributed by atoms with Gasteiger partial charge >= 0.3 is 0 Å². The molecular formula is C18H21N3O2S. The molecule has 6 heteroatoms. The number of likely N-dealkylation sites (N-methyl/N-ethyl adjacent to an activating group) is 1. The van der Waals surface area contributed by atoms with Gasteiger partial charge in [0.2, 0.25) is 5.91 Å². The van der Waals surface area contributed by atoms with Crippen molar-refractivity contribution in [2.45, 2.75) is 0 Å². The molecule has 3 rings (SSSR count). The Balaban J connectivity index is 2.49. The quantitative estimate of drug-likeness (QED) is 0.730. The molecule has 126 valence electrons. The first-order valence-electron chi connectivity index (χ1n) is 7.67. The van der Waals surface area contributed by atoms with Crippen LogP contribution in [0.3, 0.4) is 0 Å². The van der Waals surface area contributed by atoms with Gasteiger partial charge in [-0.2, -0.15) is 0 Å². The maximum Gasteiger partial charge on any atom is 0.245 e. The van der Waals surface area contributed by atoms with Gasteiger partial charge in [0.1, 0.15) is 5.75 Å². The van der Waals surface area contributed by atoms with E-state index < -0.39 is 0 Å². The third kappa shape index (κ3) is 3.02. The lowest BCUT2D eigenvalue weighted by molar-refractivity contribution is 0.0886. The minimum Gasteiger partial charge on any atom is -0.497 e. The van der Waals surface area contributed by atoms with Gasteiger partial charge in [-0.25, -0.2) is 0 Å². The van der Waals surface area contributed by atoms with Crippen LogP contribution in [0.5, 0.6) is 5.75 Å². The van der Waals surface area contributed by atoms with Gasteiger partial charge < -0.3 is 9.64 Å². The zero-order valence-corrected chi connectivity index (χ0v) is 15.1. The number of benzene rings is 2. The Morgan fingerprint density at radius 2 is 1.83 bits per heavy atom. The molecule has 0 aliphatic heterocycles. The van der Waals surface area contributed by atoms with Crippen LogP contribution in [0.2, 0.25) is 0 Å². The van der Waals surface area contributed by atoms with Crippen LogP contribution in [0.15, 0.2) is 42.5 Å². The molecule has 0 fully saturated rings. The largest absolute Gasteiger partial charge is 0.497 e. The Labute approximate surface area is 145 Å². The third-order valence-corrected chi connectivity index (χ3v) is 4.82. The molecule has 0 radical (unpaired) electrons. The highest BCUT2D eigenvalue weighted by Gasteiger charge is 2.14. The molecule has 0 atom stereocenters. The average molecular weight is 343 g/mol. The topological polar surface area (TPSA) is 39.4 Å². The van der Waals surface area contributed by atoms with Crippen LogP contribution >= 0.6 is 11.5 Å². The molecule has 3 aromatic rings. The molecular weight excluding hydrogens is 322 g/mol. The van der Waals surface area contributed by atoms with Gasteiger partial charge in [-0.05, 0) is 38.4 Å². The lowest BCUT2D eigenvalue weighted by atomic mass is 10.2. The summed E-state index contributed by atoms with van der Waals surface area (Å²) in [6.45, 7) is 0.333. The van der Waals surface area contributed by atoms with Crippen LogP contribution in [-0.2, 0) is 7.05 Å². The predicted octanol–water partition coefficient (Wildman–Crippen LogP) is 3.53. The van der Waals surface area contributed by atoms with E-state index in [-0.39, 0.29) is 5.91 Å². The second kappa shape index (κ2) is 6.67. The highest BCUT2D eigenvalue weighted by atomic mass is 32.1. The molecule has 24 heavy (non-hydrogen) atoms. The van der Waals surface area contributed by atoms with Crippen LogP contribution in [0.1, 0.15) is 4.79 Å². The summed E-state index contributed by atoms with van der Waals surface area (Å²) in [6, 6.07) is 13.8. The van der Waals surface area contributed by atoms with Crippen LogP contribution in [-0.4, -0.2) is 47.1 Å². The van der Waals surface area contributed by atoms with Crippen molar-refractivity contribution in [3.05, 3.63) is 42.5 Å². The lowest BCUT2D eigenvalue weighted by Gasteiger charge is -2.13. The minimum atomic E-state index is 0.0258. The maximum absolute atomic E-state index is 13.0. The Bertz CT molecular complexity index is 948. The van der Waals surface area contributed by atoms with Gasteiger partial charge in [-0.1, -0.05) is 23.7 Å². The summed E-state index contributed by atoms with van der Waals surface area (Å²) in [4.78, 5) is 14.9. The van der Waals surface area contributed by atoms with E-state index in [1.807, 2.05) is 68.5 Å². The van der Waals surface area contributed by atoms with Crippen LogP contribution < -0.4 is 4.74 Å². The first-order valence-corrected chi connectivity index (χ1v) is 8.45. The van der Waals surface area contributed by atoms with E-state index in [1.54, 1.807) is 23.2 Å². The monoisotopic (exact) mass is 343 g/mol. The summed E-state index contributed by atoms with van der Waals surface area (Å²) < 4.78 is 10.3. The van der Waals surface area contributed by atoms with Gasteiger partial charge in [-0.15, -0.1) is 0 Å². The Hall–Kier alpha value is -2.31. The van der Waals surface area contributed by atoms with E-state index in [0.717, 1.165) is 27.0 Å². The number of aromatic nitrogens is 2. The molecule has 0 aliphatic carbocycles. The number of carbonyl (C=O) groups is 1. The number of nitrogens with zero attached hydrogens (tertiary/aromatic N) is 3. The van der Waals surface area contributed by atoms with Crippen LogP contribution in [0.25, 0.3) is 21.3 Å². The van der Waals surface area contributed by atoms with Crippen molar-refractivity contribution in [1.29, 1.82) is 0 Å². The number of hydrogen-bond donors (Lipinski definition) is 0. The van der Waals surface area contributed by atoms with E-state index in [0.29, 0.717) is 6.54 Å². The highest BCUT2D eigenvalue weighted by Crippen LogP contribution is 2.27. The molecule has 0 N–H and O–H groups in total. The fraction of sp³-hybridized carbons (Fsp3) is 0.278. The van der Waals surface area contributed by atoms with Crippen molar-refractivity contribution in [3.8, 4) is 5.75 Å². The molecule has 0 aliphatic rings. The van der Waals surface area contributed by atoms with Crippen molar-refractivity contribution in [3.63, 3.8) is 0 Å². The van der Waals surface area contributed by atoms with Crippen LogP contribution in [0.4, 0.5) is 0 Å². The number of para-hydroxylation sites is 2. The average Bonchev–Trinajstić information content (AvgIpc) is 2.67. The molecule has 1 aromatic heterocycles. The zero-order chi connectivity index (χ0) is 17.3. The Kier molecular flexibility index (Phi) is 4.59. The maximum atomic E-state index is 13.0. The van der Waals surface area contributed by atoms with E-state index in [2.05, 4.69) is 3.96 Å². The lowest BCUT2D eigenvalue weighted by Crippen LogP contribution is -2.26. The molecule has 0 saturated carbocycles. The summed E-state index contributed by atoms with van der Waals surface area (Å²) in [5.74, 6) is 0.761. The summed E-state index contributed by atoms with van der Waals surface area (Å²) in [5, 5.41) is 0. The standard InChI is InChI=1S/C18H21N3O2S/c1-19(2)12-18(22)21-15-8-6-5-7-14(15)20(3)24-17-10-9-13(23-4)11-16(17)21/h5-11H,12H2,1-4H3. The first kappa shape index (κ1) is 16.5. The summed E-state index contributed by atoms with van der Waals surface area (Å²) in [5.41, 5.74) is 2.74. The van der Waals surface area contributed by atoms with E-state index in [1.165, 1.54) is 0 Å². The fourth-order valence-electron chi connectivity index (χ4n) is 2.73. The summed E-state index contributed by atoms with van der Waals surface area (Å²) >= 11 is 1.60. The predicted molar refractivity (Wildman–Crippen MR) is 99.7 cm³/mol. The van der Waals surface area contributed by atoms with Gasteiger partial charge in [-0.3, -0.25) is 13.3 Å². The zero-order valence-electron chi connectivity index (χ0n) is 14.3. The second-order valence-corrected chi connectivity index (χ2v) is 7.05. The molecule has 0 spiro atoms. The fourth-order valence-corrected chi connectivity index (χ4v) is 3.65.